The van der Waals surface area contributed by atoms with Crippen LogP contribution in [0.15, 0.2) is 46.8 Å². The molecule has 1 saturated heterocycles. The van der Waals surface area contributed by atoms with Crippen molar-refractivity contribution in [2.45, 2.75) is 44.1 Å². The number of rotatable bonds is 5. The first-order chi connectivity index (χ1) is 14.7. The van der Waals surface area contributed by atoms with Crippen LogP contribution in [0, 0.1) is 0 Å². The second kappa shape index (κ2) is 9.25. The largest absolute Gasteiger partial charge is 0.423 e. The standard InChI is InChI=1S/C19H21F3N6O3/c1-12-7-8-13(26-17(31-23-2)16(29)19(20,21)22)11-27(12)18(30)14-5-3-4-6-15(14)28-24-9-10-25-28/h3-6,9-10,12-13,16,29H,2,7-8,11H2,1H3/t12-,13?,16-/m1/s1. The molecule has 1 aliphatic heterocycles. The molecular weight excluding hydrogens is 417 g/mol. The number of piperidine rings is 1. The smallest absolute Gasteiger partial charge is 0.376 e. The molecule has 9 nitrogen and oxygen atoms in total. The molecule has 1 fully saturated rings. The average molecular weight is 438 g/mol. The van der Waals surface area contributed by atoms with Crippen LogP contribution >= 0.6 is 0 Å². The molecule has 166 valence electrons. The lowest BCUT2D eigenvalue weighted by Gasteiger charge is -2.37. The molecule has 3 atom stereocenters. The fraction of sp³-hybridized carbons (Fsp3) is 0.421. The number of likely N-dealkylation sites (tertiary alicyclic amines) is 1. The maximum Gasteiger partial charge on any atom is 0.423 e. The second-order valence-electron chi connectivity index (χ2n) is 7.01. The lowest BCUT2D eigenvalue weighted by atomic mass is 9.98. The highest BCUT2D eigenvalue weighted by Gasteiger charge is 2.44. The number of oxime groups is 1. The Bertz CT molecular complexity index is 948. The maximum atomic E-state index is 13.3. The molecule has 2 heterocycles. The van der Waals surface area contributed by atoms with Crippen LogP contribution in [-0.4, -0.2) is 74.4 Å². The Morgan fingerprint density at radius 1 is 1.29 bits per heavy atom. The minimum atomic E-state index is -4.98. The number of aliphatic imine (C=N–C) groups is 1. The number of carbonyl (C=O) groups is 1. The number of para-hydroxylation sites is 1. The summed E-state index contributed by atoms with van der Waals surface area (Å²) in [6, 6.07) is 5.87. The van der Waals surface area contributed by atoms with Crippen molar-refractivity contribution in [3.63, 3.8) is 0 Å². The molecule has 1 amide bonds. The molecule has 1 unspecified atom stereocenters. The van der Waals surface area contributed by atoms with Gasteiger partial charge in [-0.3, -0.25) is 4.79 Å². The molecular formula is C19H21F3N6O3. The van der Waals surface area contributed by atoms with Crippen molar-refractivity contribution in [1.29, 1.82) is 0 Å². The summed E-state index contributed by atoms with van der Waals surface area (Å²) in [6.07, 6.45) is -4.04. The molecule has 0 saturated carbocycles. The van der Waals surface area contributed by atoms with Crippen molar-refractivity contribution in [2.75, 3.05) is 6.54 Å². The number of aromatic nitrogens is 3. The molecule has 0 bridgehead atoms. The van der Waals surface area contributed by atoms with Crippen molar-refractivity contribution in [3.05, 3.63) is 42.2 Å². The Balaban J connectivity index is 1.86. The Hall–Kier alpha value is -3.28. The molecule has 3 rings (SSSR count). The van der Waals surface area contributed by atoms with Crippen molar-refractivity contribution in [3.8, 4) is 5.69 Å². The average Bonchev–Trinajstić information content (AvgIpc) is 3.28. The van der Waals surface area contributed by atoms with Crippen LogP contribution in [0.3, 0.4) is 0 Å². The van der Waals surface area contributed by atoms with Crippen molar-refractivity contribution in [1.82, 2.24) is 19.9 Å². The summed E-state index contributed by atoms with van der Waals surface area (Å²) in [5.41, 5.74) is 0.817. The Morgan fingerprint density at radius 2 is 1.97 bits per heavy atom. The number of benzene rings is 1. The number of aliphatic hydroxyl groups is 1. The first kappa shape index (κ1) is 22.4. The summed E-state index contributed by atoms with van der Waals surface area (Å²) in [4.78, 5) is 24.5. The molecule has 0 radical (unpaired) electrons. The molecule has 1 N–H and O–H groups in total. The number of nitrogens with zero attached hydrogens (tertiary/aromatic N) is 6. The van der Waals surface area contributed by atoms with E-state index >= 15 is 0 Å². The summed E-state index contributed by atoms with van der Waals surface area (Å²) in [5.74, 6) is -1.34. The maximum absolute atomic E-state index is 13.3. The normalized spacial score (nSPS) is 20.9. The first-order valence-corrected chi connectivity index (χ1v) is 9.44. The topological polar surface area (TPSA) is 105 Å². The third kappa shape index (κ3) is 5.08. The second-order valence-corrected chi connectivity index (χ2v) is 7.01. The van der Waals surface area contributed by atoms with Crippen LogP contribution in [0.5, 0.6) is 0 Å². The van der Waals surface area contributed by atoms with Crippen LogP contribution in [0.25, 0.3) is 5.69 Å². The molecule has 0 spiro atoms. The Labute approximate surface area is 175 Å². The Morgan fingerprint density at radius 3 is 2.61 bits per heavy atom. The van der Waals surface area contributed by atoms with Gasteiger partial charge in [0, 0.05) is 19.3 Å². The number of amides is 1. The van der Waals surface area contributed by atoms with Gasteiger partial charge in [0.2, 0.25) is 6.10 Å². The van der Waals surface area contributed by atoms with Crippen LogP contribution in [0.4, 0.5) is 13.2 Å². The summed E-state index contributed by atoms with van der Waals surface area (Å²) >= 11 is 0. The Kier molecular flexibility index (Phi) is 6.68. The van der Waals surface area contributed by atoms with Gasteiger partial charge in [-0.2, -0.15) is 28.2 Å². The first-order valence-electron chi connectivity index (χ1n) is 9.44. The predicted molar refractivity (Wildman–Crippen MR) is 105 cm³/mol. The zero-order chi connectivity index (χ0) is 22.6. The number of alkyl halides is 3. The molecule has 31 heavy (non-hydrogen) atoms. The lowest BCUT2D eigenvalue weighted by molar-refractivity contribution is -0.185. The fourth-order valence-corrected chi connectivity index (χ4v) is 3.33. The van der Waals surface area contributed by atoms with E-state index in [2.05, 4.69) is 31.9 Å². The van der Waals surface area contributed by atoms with E-state index in [1.165, 1.54) is 22.1 Å². The van der Waals surface area contributed by atoms with Crippen LogP contribution in [0.1, 0.15) is 30.1 Å². The van der Waals surface area contributed by atoms with Gasteiger partial charge in [-0.05, 0) is 31.9 Å². The van der Waals surface area contributed by atoms with E-state index < -0.39 is 24.2 Å². The summed E-state index contributed by atoms with van der Waals surface area (Å²) in [7, 11) is 0. The highest BCUT2D eigenvalue weighted by Crippen LogP contribution is 2.26. The van der Waals surface area contributed by atoms with Gasteiger partial charge in [0.15, 0.2) is 0 Å². The van der Waals surface area contributed by atoms with Crippen LogP contribution < -0.4 is 0 Å². The van der Waals surface area contributed by atoms with Crippen molar-refractivity contribution < 1.29 is 27.9 Å². The van der Waals surface area contributed by atoms with E-state index in [1.807, 2.05) is 6.92 Å². The third-order valence-corrected chi connectivity index (χ3v) is 4.90. The van der Waals surface area contributed by atoms with Crippen molar-refractivity contribution in [2.24, 2.45) is 10.1 Å². The van der Waals surface area contributed by atoms with Gasteiger partial charge in [0.25, 0.3) is 11.8 Å². The number of hydrogen-bond donors (Lipinski definition) is 1. The number of aliphatic hydroxyl groups excluding tert-OH is 1. The van der Waals surface area contributed by atoms with Gasteiger partial charge >= 0.3 is 6.18 Å². The van der Waals surface area contributed by atoms with E-state index in [4.69, 9.17) is 0 Å². The van der Waals surface area contributed by atoms with Gasteiger partial charge in [-0.25, -0.2) is 4.99 Å². The van der Waals surface area contributed by atoms with E-state index in [0.717, 1.165) is 0 Å². The monoisotopic (exact) mass is 438 g/mol. The quantitative estimate of drug-likeness (QED) is 0.438. The lowest BCUT2D eigenvalue weighted by Crippen LogP contribution is -2.48. The summed E-state index contributed by atoms with van der Waals surface area (Å²) in [6.45, 7) is 4.86. The summed E-state index contributed by atoms with van der Waals surface area (Å²) < 4.78 is 38.7. The van der Waals surface area contributed by atoms with Gasteiger partial charge in [0.05, 0.1) is 29.7 Å². The zero-order valence-corrected chi connectivity index (χ0v) is 16.6. The predicted octanol–water partition coefficient (Wildman–Crippen LogP) is 2.21. The number of carbonyl (C=O) groups excluding carboxylic acids is 1. The number of hydrogen-bond acceptors (Lipinski definition) is 7. The molecule has 1 aromatic carbocycles. The summed E-state index contributed by atoms with van der Waals surface area (Å²) in [5, 5.41) is 20.6. The van der Waals surface area contributed by atoms with E-state index in [1.54, 1.807) is 24.3 Å². The molecule has 1 aromatic heterocycles. The zero-order valence-electron chi connectivity index (χ0n) is 16.6. The molecule has 2 aromatic rings. The molecule has 12 heteroatoms. The highest BCUT2D eigenvalue weighted by molar-refractivity contribution is 5.98. The fourth-order valence-electron chi connectivity index (χ4n) is 3.33. The van der Waals surface area contributed by atoms with Crippen LogP contribution in [-0.2, 0) is 4.84 Å². The third-order valence-electron chi connectivity index (χ3n) is 4.90. The van der Waals surface area contributed by atoms with E-state index in [-0.39, 0.29) is 18.5 Å². The van der Waals surface area contributed by atoms with Gasteiger partial charge in [-0.15, -0.1) is 0 Å². The van der Waals surface area contributed by atoms with Gasteiger partial charge in [-0.1, -0.05) is 17.3 Å². The molecule has 1 aliphatic rings. The van der Waals surface area contributed by atoms with Gasteiger partial charge in [0.1, 0.15) is 0 Å². The van der Waals surface area contributed by atoms with Crippen molar-refractivity contribution >= 4 is 18.5 Å². The van der Waals surface area contributed by atoms with E-state index in [0.29, 0.717) is 24.1 Å². The van der Waals surface area contributed by atoms with E-state index in [9.17, 15) is 23.1 Å². The molecule has 0 aliphatic carbocycles. The highest BCUT2D eigenvalue weighted by atomic mass is 19.4. The SMILES string of the molecule is C=NOC(=NC1CC[C@@H](C)N(C(=O)c2ccccc2-n2nccn2)C1)[C@@H](O)C(F)(F)F. The minimum absolute atomic E-state index is 0.0372. The van der Waals surface area contributed by atoms with Crippen LogP contribution in [0.2, 0.25) is 0 Å². The van der Waals surface area contributed by atoms with Gasteiger partial charge < -0.3 is 14.8 Å². The number of halogens is 3. The minimum Gasteiger partial charge on any atom is -0.376 e.